The summed E-state index contributed by atoms with van der Waals surface area (Å²) < 4.78 is 23.3. The molecule has 0 fully saturated rings. The summed E-state index contributed by atoms with van der Waals surface area (Å²) >= 11 is 0. The Morgan fingerprint density at radius 3 is 2.22 bits per heavy atom. The number of aryl methyl sites for hydroxylation is 1. The fourth-order valence-corrected chi connectivity index (χ4v) is 2.87. The lowest BCUT2D eigenvalue weighted by Crippen LogP contribution is -2.21. The molecule has 0 aliphatic carbocycles. The summed E-state index contributed by atoms with van der Waals surface area (Å²) in [5.74, 6) is 7.63. The maximum atomic E-state index is 11.7. The second kappa shape index (κ2) is 7.20. The fraction of sp³-hybridized carbons (Fsp3) is 0.0714. The molecule has 124 valence electrons. The lowest BCUT2D eigenvalue weighted by atomic mass is 9.97. The zero-order valence-electron chi connectivity index (χ0n) is 12.6. The quantitative estimate of drug-likeness (QED) is 0.150. The van der Waals surface area contributed by atoms with E-state index in [-0.39, 0.29) is 16.3 Å². The number of amidine groups is 1. The molecule has 0 radical (unpaired) electrons. The molecule has 8 nitrogen and oxygen atoms in total. The molecule has 2 rings (SSSR count). The van der Waals surface area contributed by atoms with Gasteiger partial charge in [-0.1, -0.05) is 24.3 Å². The third-order valence-corrected chi connectivity index (χ3v) is 4.15. The van der Waals surface area contributed by atoms with Crippen molar-refractivity contribution in [3.05, 3.63) is 47.5 Å². The Labute approximate surface area is 134 Å². The van der Waals surface area contributed by atoms with Crippen LogP contribution >= 0.6 is 0 Å². The third kappa shape index (κ3) is 4.05. The third-order valence-electron chi connectivity index (χ3n) is 3.19. The summed E-state index contributed by atoms with van der Waals surface area (Å²) in [7, 11) is -3.98. The first-order chi connectivity index (χ1) is 10.7. The highest BCUT2D eigenvalue weighted by atomic mass is 32.2. The number of sulfonamides is 1. The Hall–Kier alpha value is -2.46. The summed E-state index contributed by atoms with van der Waals surface area (Å²) in [6.45, 7) is 1.87. The number of hydrogen-bond acceptors (Lipinski definition) is 6. The number of rotatable bonds is 3. The van der Waals surface area contributed by atoms with Gasteiger partial charge in [0, 0.05) is 11.3 Å². The SMILES string of the molecule is Cc1ccc(-c2cccc(S(N)(=O)=O)c2C(=N)N)cc1N.NN. The van der Waals surface area contributed by atoms with Crippen LogP contribution in [0.1, 0.15) is 11.1 Å². The highest BCUT2D eigenvalue weighted by Gasteiger charge is 2.20. The lowest BCUT2D eigenvalue weighted by molar-refractivity contribution is 0.597. The van der Waals surface area contributed by atoms with Crippen LogP contribution in [-0.4, -0.2) is 14.3 Å². The smallest absolute Gasteiger partial charge is 0.238 e. The van der Waals surface area contributed by atoms with Gasteiger partial charge in [0.25, 0.3) is 0 Å². The summed E-state index contributed by atoms with van der Waals surface area (Å²) in [6.07, 6.45) is 0. The minimum Gasteiger partial charge on any atom is -0.398 e. The van der Waals surface area contributed by atoms with E-state index in [1.165, 1.54) is 6.07 Å². The van der Waals surface area contributed by atoms with Crippen molar-refractivity contribution in [3.63, 3.8) is 0 Å². The fourth-order valence-electron chi connectivity index (χ4n) is 2.09. The summed E-state index contributed by atoms with van der Waals surface area (Å²) in [6, 6.07) is 9.88. The number of nitrogen functional groups attached to an aromatic ring is 2. The Bertz CT molecular complexity index is 833. The second-order valence-electron chi connectivity index (χ2n) is 4.71. The molecule has 0 unspecified atom stereocenters. The maximum Gasteiger partial charge on any atom is 0.238 e. The van der Waals surface area contributed by atoms with E-state index in [2.05, 4.69) is 11.7 Å². The number of nitrogens with two attached hydrogens (primary N) is 5. The van der Waals surface area contributed by atoms with E-state index in [1.54, 1.807) is 24.3 Å². The van der Waals surface area contributed by atoms with Gasteiger partial charge in [0.1, 0.15) is 5.84 Å². The van der Waals surface area contributed by atoms with Crippen LogP contribution in [0.3, 0.4) is 0 Å². The molecular formula is C14H20N6O2S. The van der Waals surface area contributed by atoms with Crippen molar-refractivity contribution in [3.8, 4) is 11.1 Å². The number of anilines is 1. The van der Waals surface area contributed by atoms with Gasteiger partial charge >= 0.3 is 0 Å². The van der Waals surface area contributed by atoms with Crippen LogP contribution in [-0.2, 0) is 10.0 Å². The molecule has 0 bridgehead atoms. The number of nitrogens with one attached hydrogen (secondary N) is 1. The number of benzene rings is 2. The van der Waals surface area contributed by atoms with Crippen molar-refractivity contribution in [2.75, 3.05) is 5.73 Å². The first-order valence-electron chi connectivity index (χ1n) is 6.42. The minimum atomic E-state index is -3.98. The van der Waals surface area contributed by atoms with Gasteiger partial charge in [0.15, 0.2) is 0 Å². The Kier molecular flexibility index (Phi) is 5.82. The van der Waals surface area contributed by atoms with E-state index in [1.807, 2.05) is 13.0 Å². The van der Waals surface area contributed by atoms with Gasteiger partial charge in [-0.25, -0.2) is 13.6 Å². The summed E-state index contributed by atoms with van der Waals surface area (Å²) in [5, 5.41) is 12.9. The predicted octanol–water partition coefficient (Wildman–Crippen LogP) is -0.00551. The number of hydrazine groups is 1. The Balaban J connectivity index is 0.00000127. The van der Waals surface area contributed by atoms with Crippen LogP contribution in [0.5, 0.6) is 0 Å². The van der Waals surface area contributed by atoms with Crippen LogP contribution in [0.15, 0.2) is 41.3 Å². The highest BCUT2D eigenvalue weighted by molar-refractivity contribution is 7.89. The number of primary sulfonamides is 1. The van der Waals surface area contributed by atoms with Crippen LogP contribution in [0.2, 0.25) is 0 Å². The summed E-state index contributed by atoms with van der Waals surface area (Å²) in [5.41, 5.74) is 14.2. The molecule has 2 aromatic rings. The molecule has 11 N–H and O–H groups in total. The first kappa shape index (κ1) is 18.6. The van der Waals surface area contributed by atoms with Gasteiger partial charge in [-0.3, -0.25) is 17.1 Å². The summed E-state index contributed by atoms with van der Waals surface area (Å²) in [4.78, 5) is -0.174. The molecule has 9 heteroatoms. The molecule has 0 aromatic heterocycles. The normalized spacial score (nSPS) is 10.6. The molecule has 0 saturated heterocycles. The van der Waals surface area contributed by atoms with Crippen LogP contribution in [0.4, 0.5) is 5.69 Å². The lowest BCUT2D eigenvalue weighted by Gasteiger charge is -2.13. The van der Waals surface area contributed by atoms with Crippen molar-refractivity contribution >= 4 is 21.5 Å². The van der Waals surface area contributed by atoms with Crippen molar-refractivity contribution in [1.82, 2.24) is 0 Å². The van der Waals surface area contributed by atoms with Gasteiger partial charge in [0.2, 0.25) is 10.0 Å². The molecule has 0 aliphatic heterocycles. The van der Waals surface area contributed by atoms with Gasteiger partial charge in [-0.2, -0.15) is 0 Å². The highest BCUT2D eigenvalue weighted by Crippen LogP contribution is 2.30. The molecule has 2 aromatic carbocycles. The van der Waals surface area contributed by atoms with Crippen molar-refractivity contribution in [2.24, 2.45) is 22.6 Å². The average Bonchev–Trinajstić information content (AvgIpc) is 2.50. The van der Waals surface area contributed by atoms with E-state index in [9.17, 15) is 8.42 Å². The van der Waals surface area contributed by atoms with E-state index in [0.717, 1.165) is 5.56 Å². The number of hydrogen-bond donors (Lipinski definition) is 6. The molecule has 23 heavy (non-hydrogen) atoms. The average molecular weight is 336 g/mol. The molecule has 0 heterocycles. The molecule has 0 aliphatic rings. The zero-order valence-corrected chi connectivity index (χ0v) is 13.4. The second-order valence-corrected chi connectivity index (χ2v) is 6.24. The molecule has 0 amide bonds. The Morgan fingerprint density at radius 1 is 1.13 bits per heavy atom. The van der Waals surface area contributed by atoms with Gasteiger partial charge < -0.3 is 11.5 Å². The molecule has 0 atom stereocenters. The van der Waals surface area contributed by atoms with Gasteiger partial charge in [0.05, 0.1) is 4.90 Å². The van der Waals surface area contributed by atoms with Crippen molar-refractivity contribution in [2.45, 2.75) is 11.8 Å². The van der Waals surface area contributed by atoms with E-state index in [4.69, 9.17) is 22.0 Å². The standard InChI is InChI=1S/C14H16N4O2S.H4N2/c1-8-5-6-9(7-11(8)15)10-3-2-4-12(21(18,19)20)13(10)14(16)17;1-2/h2-7H,15H2,1H3,(H3,16,17)(H2,18,19,20);1-2H2. The topological polar surface area (TPSA) is 188 Å². The minimum absolute atomic E-state index is 0.0863. The van der Waals surface area contributed by atoms with E-state index in [0.29, 0.717) is 16.8 Å². The largest absolute Gasteiger partial charge is 0.398 e. The van der Waals surface area contributed by atoms with Gasteiger partial charge in [-0.15, -0.1) is 0 Å². The van der Waals surface area contributed by atoms with Crippen LogP contribution in [0, 0.1) is 12.3 Å². The van der Waals surface area contributed by atoms with Crippen molar-refractivity contribution < 1.29 is 8.42 Å². The molecular weight excluding hydrogens is 316 g/mol. The first-order valence-corrected chi connectivity index (χ1v) is 7.96. The maximum absolute atomic E-state index is 11.7. The predicted molar refractivity (Wildman–Crippen MR) is 91.8 cm³/mol. The van der Waals surface area contributed by atoms with Crippen LogP contribution < -0.4 is 28.3 Å². The van der Waals surface area contributed by atoms with Crippen molar-refractivity contribution in [1.29, 1.82) is 5.41 Å². The zero-order chi connectivity index (χ0) is 17.8. The Morgan fingerprint density at radius 2 is 1.74 bits per heavy atom. The van der Waals surface area contributed by atoms with Gasteiger partial charge in [-0.05, 0) is 35.7 Å². The van der Waals surface area contributed by atoms with Crippen LogP contribution in [0.25, 0.3) is 11.1 Å². The molecule has 0 spiro atoms. The van der Waals surface area contributed by atoms with E-state index < -0.39 is 10.0 Å². The monoisotopic (exact) mass is 336 g/mol. The molecule has 0 saturated carbocycles. The van der Waals surface area contributed by atoms with E-state index >= 15 is 0 Å².